The van der Waals surface area contributed by atoms with E-state index in [1.807, 2.05) is 6.92 Å². The summed E-state index contributed by atoms with van der Waals surface area (Å²) in [6.07, 6.45) is 0.313. The van der Waals surface area contributed by atoms with Gasteiger partial charge >= 0.3 is 0 Å². The maximum absolute atomic E-state index is 13.3. The summed E-state index contributed by atoms with van der Waals surface area (Å²) in [5.74, 6) is 0.250. The van der Waals surface area contributed by atoms with Crippen molar-refractivity contribution in [1.82, 2.24) is 20.8 Å². The van der Waals surface area contributed by atoms with Crippen molar-refractivity contribution in [2.24, 2.45) is 0 Å². The second kappa shape index (κ2) is 5.61. The SMILES string of the molecule is Cc1ccc(F)cc1-c1noc(CC2NCCNC2=O)n1. The van der Waals surface area contributed by atoms with Crippen molar-refractivity contribution in [3.8, 4) is 11.4 Å². The third kappa shape index (κ3) is 2.92. The zero-order valence-corrected chi connectivity index (χ0v) is 11.5. The van der Waals surface area contributed by atoms with E-state index >= 15 is 0 Å². The van der Waals surface area contributed by atoms with Crippen LogP contribution < -0.4 is 10.6 Å². The minimum absolute atomic E-state index is 0.0806. The first-order valence-corrected chi connectivity index (χ1v) is 6.73. The molecule has 1 fully saturated rings. The number of aromatic nitrogens is 2. The number of piperazine rings is 1. The molecule has 2 aromatic rings. The van der Waals surface area contributed by atoms with Crippen molar-refractivity contribution in [2.45, 2.75) is 19.4 Å². The molecule has 1 aliphatic heterocycles. The van der Waals surface area contributed by atoms with Crippen molar-refractivity contribution < 1.29 is 13.7 Å². The van der Waals surface area contributed by atoms with Crippen molar-refractivity contribution in [1.29, 1.82) is 0 Å². The summed E-state index contributed by atoms with van der Waals surface area (Å²) in [4.78, 5) is 15.9. The molecule has 1 aliphatic rings. The molecule has 21 heavy (non-hydrogen) atoms. The number of aryl methyl sites for hydroxylation is 1. The van der Waals surface area contributed by atoms with Crippen LogP contribution in [-0.2, 0) is 11.2 Å². The van der Waals surface area contributed by atoms with E-state index in [0.717, 1.165) is 5.56 Å². The van der Waals surface area contributed by atoms with Crippen LogP contribution in [0.3, 0.4) is 0 Å². The van der Waals surface area contributed by atoms with Gasteiger partial charge in [0.25, 0.3) is 0 Å². The molecule has 1 aromatic heterocycles. The summed E-state index contributed by atoms with van der Waals surface area (Å²) in [5, 5.41) is 9.72. The summed E-state index contributed by atoms with van der Waals surface area (Å²) in [7, 11) is 0. The van der Waals surface area contributed by atoms with Crippen LogP contribution in [-0.4, -0.2) is 35.2 Å². The Morgan fingerprint density at radius 1 is 1.43 bits per heavy atom. The lowest BCUT2D eigenvalue weighted by Crippen LogP contribution is -2.53. The molecule has 110 valence electrons. The molecule has 7 heteroatoms. The quantitative estimate of drug-likeness (QED) is 0.874. The molecule has 0 bridgehead atoms. The molecule has 3 rings (SSSR count). The number of rotatable bonds is 3. The second-order valence-electron chi connectivity index (χ2n) is 4.97. The Kier molecular flexibility index (Phi) is 3.66. The first-order valence-electron chi connectivity index (χ1n) is 6.73. The Morgan fingerprint density at radius 3 is 3.10 bits per heavy atom. The number of benzene rings is 1. The predicted octanol–water partition coefficient (Wildman–Crippen LogP) is 0.815. The standard InChI is InChI=1S/C14H15FN4O2/c1-8-2-3-9(15)6-10(8)13-18-12(21-19-13)7-11-14(20)17-5-4-16-11/h2-3,6,11,16H,4-5,7H2,1H3,(H,17,20). The van der Waals surface area contributed by atoms with Crippen LogP contribution in [0.5, 0.6) is 0 Å². The Hall–Kier alpha value is -2.28. The number of amides is 1. The topological polar surface area (TPSA) is 80.0 Å². The number of hydrogen-bond donors (Lipinski definition) is 2. The Morgan fingerprint density at radius 2 is 2.29 bits per heavy atom. The molecular formula is C14H15FN4O2. The van der Waals surface area contributed by atoms with Crippen molar-refractivity contribution >= 4 is 5.91 Å². The average Bonchev–Trinajstić information content (AvgIpc) is 2.92. The van der Waals surface area contributed by atoms with Gasteiger partial charge in [-0.3, -0.25) is 4.79 Å². The molecule has 1 saturated heterocycles. The molecule has 1 aromatic carbocycles. The van der Waals surface area contributed by atoms with Crippen molar-refractivity contribution in [3.63, 3.8) is 0 Å². The van der Waals surface area contributed by atoms with Gasteiger partial charge < -0.3 is 15.2 Å². The summed E-state index contributed by atoms with van der Waals surface area (Å²) < 4.78 is 18.5. The Bertz CT molecular complexity index is 671. The summed E-state index contributed by atoms with van der Waals surface area (Å²) >= 11 is 0. The van der Waals surface area contributed by atoms with E-state index in [-0.39, 0.29) is 17.8 Å². The van der Waals surface area contributed by atoms with E-state index < -0.39 is 0 Å². The molecule has 0 saturated carbocycles. The zero-order chi connectivity index (χ0) is 14.8. The van der Waals surface area contributed by atoms with E-state index in [0.29, 0.717) is 36.8 Å². The van der Waals surface area contributed by atoms with E-state index in [9.17, 15) is 9.18 Å². The fraction of sp³-hybridized carbons (Fsp3) is 0.357. The highest BCUT2D eigenvalue weighted by atomic mass is 19.1. The predicted molar refractivity (Wildman–Crippen MR) is 72.9 cm³/mol. The van der Waals surface area contributed by atoms with Gasteiger partial charge in [-0.2, -0.15) is 4.98 Å². The molecule has 6 nitrogen and oxygen atoms in total. The molecule has 2 N–H and O–H groups in total. The lowest BCUT2D eigenvalue weighted by atomic mass is 10.1. The highest BCUT2D eigenvalue weighted by molar-refractivity contribution is 5.82. The minimum atomic E-state index is -0.374. The lowest BCUT2D eigenvalue weighted by molar-refractivity contribution is -0.124. The van der Waals surface area contributed by atoms with Gasteiger partial charge in [0.05, 0.1) is 12.5 Å². The number of nitrogens with one attached hydrogen (secondary N) is 2. The van der Waals surface area contributed by atoms with Crippen LogP contribution in [0.1, 0.15) is 11.5 Å². The molecule has 0 aliphatic carbocycles. The Balaban J connectivity index is 1.80. The number of carbonyl (C=O) groups excluding carboxylic acids is 1. The van der Waals surface area contributed by atoms with Gasteiger partial charge in [-0.1, -0.05) is 11.2 Å². The second-order valence-corrected chi connectivity index (χ2v) is 4.97. The molecule has 2 heterocycles. The third-order valence-electron chi connectivity index (χ3n) is 3.42. The first kappa shape index (κ1) is 13.7. The van der Waals surface area contributed by atoms with E-state index in [2.05, 4.69) is 20.8 Å². The number of halogens is 1. The van der Waals surface area contributed by atoms with E-state index in [4.69, 9.17) is 4.52 Å². The van der Waals surface area contributed by atoms with E-state index in [1.165, 1.54) is 12.1 Å². The van der Waals surface area contributed by atoms with Crippen molar-refractivity contribution in [3.05, 3.63) is 35.5 Å². The number of nitrogens with zero attached hydrogens (tertiary/aromatic N) is 2. The molecular weight excluding hydrogens is 275 g/mol. The fourth-order valence-corrected chi connectivity index (χ4v) is 2.27. The average molecular weight is 290 g/mol. The van der Waals surface area contributed by atoms with Crippen molar-refractivity contribution in [2.75, 3.05) is 13.1 Å². The van der Waals surface area contributed by atoms with Gasteiger partial charge in [0.15, 0.2) is 0 Å². The van der Waals surface area contributed by atoms with Gasteiger partial charge in [-0.05, 0) is 24.6 Å². The molecule has 1 atom stereocenters. The summed E-state index contributed by atoms with van der Waals surface area (Å²) in [5.41, 5.74) is 1.45. The maximum atomic E-state index is 13.3. The van der Waals surface area contributed by atoms with Gasteiger partial charge in [0, 0.05) is 18.7 Å². The van der Waals surface area contributed by atoms with Crippen LogP contribution in [0, 0.1) is 12.7 Å². The molecule has 0 spiro atoms. The highest BCUT2D eigenvalue weighted by Crippen LogP contribution is 2.21. The molecule has 1 unspecified atom stereocenters. The monoisotopic (exact) mass is 290 g/mol. The van der Waals surface area contributed by atoms with Gasteiger partial charge in [-0.25, -0.2) is 4.39 Å². The summed E-state index contributed by atoms with van der Waals surface area (Å²) in [6.45, 7) is 3.17. The maximum Gasteiger partial charge on any atom is 0.237 e. The van der Waals surface area contributed by atoms with E-state index in [1.54, 1.807) is 6.07 Å². The van der Waals surface area contributed by atoms with Gasteiger partial charge in [-0.15, -0.1) is 0 Å². The highest BCUT2D eigenvalue weighted by Gasteiger charge is 2.24. The number of carbonyl (C=O) groups is 1. The van der Waals surface area contributed by atoms with Crippen LogP contribution in [0.4, 0.5) is 4.39 Å². The largest absolute Gasteiger partial charge is 0.353 e. The minimum Gasteiger partial charge on any atom is -0.353 e. The molecule has 0 radical (unpaired) electrons. The van der Waals surface area contributed by atoms with Gasteiger partial charge in [0.1, 0.15) is 5.82 Å². The third-order valence-corrected chi connectivity index (χ3v) is 3.42. The van der Waals surface area contributed by atoms with Crippen LogP contribution in [0.25, 0.3) is 11.4 Å². The van der Waals surface area contributed by atoms with Crippen LogP contribution in [0.2, 0.25) is 0 Å². The fourth-order valence-electron chi connectivity index (χ4n) is 2.27. The normalized spacial score (nSPS) is 18.6. The number of hydrogen-bond acceptors (Lipinski definition) is 5. The smallest absolute Gasteiger partial charge is 0.237 e. The lowest BCUT2D eigenvalue weighted by Gasteiger charge is -2.21. The Labute approximate surface area is 120 Å². The molecule has 1 amide bonds. The van der Waals surface area contributed by atoms with Gasteiger partial charge in [0.2, 0.25) is 17.6 Å². The zero-order valence-electron chi connectivity index (χ0n) is 11.5. The van der Waals surface area contributed by atoms with Crippen LogP contribution >= 0.6 is 0 Å². The van der Waals surface area contributed by atoms with Crippen LogP contribution in [0.15, 0.2) is 22.7 Å². The first-order chi connectivity index (χ1) is 10.1. The summed E-state index contributed by atoms with van der Waals surface area (Å²) in [6, 6.07) is 4.04.